The zero-order valence-corrected chi connectivity index (χ0v) is 8.47. The Morgan fingerprint density at radius 1 is 1.31 bits per heavy atom. The highest BCUT2D eigenvalue weighted by Crippen LogP contribution is 2.29. The van der Waals surface area contributed by atoms with Gasteiger partial charge in [0.15, 0.2) is 0 Å². The van der Waals surface area contributed by atoms with Gasteiger partial charge in [0.2, 0.25) is 0 Å². The zero-order valence-electron chi connectivity index (χ0n) is 6.75. The van der Waals surface area contributed by atoms with E-state index in [2.05, 4.69) is 0 Å². The predicted octanol–water partition coefficient (Wildman–Crippen LogP) is 2.10. The van der Waals surface area contributed by atoms with E-state index in [4.69, 9.17) is 0 Å². The van der Waals surface area contributed by atoms with Crippen molar-refractivity contribution >= 4 is 17.0 Å². The van der Waals surface area contributed by atoms with Gasteiger partial charge in [0.25, 0.3) is 0 Å². The molecule has 0 amide bonds. The first kappa shape index (κ1) is 12.5. The molecule has 1 rings (SSSR count). The van der Waals surface area contributed by atoms with E-state index in [9.17, 15) is 17.6 Å². The van der Waals surface area contributed by atoms with Crippen LogP contribution in [-0.2, 0) is 0 Å². The molecule has 0 aromatic heterocycles. The smallest absolute Gasteiger partial charge is 0.361 e. The van der Waals surface area contributed by atoms with Crippen molar-refractivity contribution in [1.82, 2.24) is 9.80 Å². The third-order valence-corrected chi connectivity index (χ3v) is 1.52. The van der Waals surface area contributed by atoms with Crippen LogP contribution in [0, 0.1) is 0 Å². The molecular weight excluding hydrogens is 256 g/mol. The normalized spacial score (nSPS) is 16.8. The second-order valence-electron chi connectivity index (χ2n) is 2.55. The lowest BCUT2D eigenvalue weighted by molar-refractivity contribution is -0.213. The van der Waals surface area contributed by atoms with Crippen molar-refractivity contribution in [1.29, 1.82) is 0 Å². The molecule has 1 aliphatic heterocycles. The summed E-state index contributed by atoms with van der Waals surface area (Å²) in [5.41, 5.74) is 0. The second-order valence-corrected chi connectivity index (χ2v) is 2.55. The summed E-state index contributed by atoms with van der Waals surface area (Å²) in [6.07, 6.45) is -1.39. The summed E-state index contributed by atoms with van der Waals surface area (Å²) in [5.74, 6) is 0. The molecule has 0 aliphatic carbocycles. The number of rotatable bonds is 2. The second kappa shape index (κ2) is 4.17. The van der Waals surface area contributed by atoms with Crippen molar-refractivity contribution in [3.63, 3.8) is 0 Å². The van der Waals surface area contributed by atoms with Gasteiger partial charge in [-0.25, -0.2) is 8.78 Å². The van der Waals surface area contributed by atoms with Crippen molar-refractivity contribution in [2.45, 2.75) is 12.5 Å². The fourth-order valence-corrected chi connectivity index (χ4v) is 0.848. The Bertz CT molecular complexity index is 197. The molecule has 13 heavy (non-hydrogen) atoms. The van der Waals surface area contributed by atoms with Crippen LogP contribution in [0.25, 0.3) is 0 Å². The number of alkyl halides is 4. The third kappa shape index (κ3) is 2.49. The Labute approximate surface area is 83.6 Å². The quantitative estimate of drug-likeness (QED) is 0.557. The maximum Gasteiger partial charge on any atom is 0.386 e. The minimum atomic E-state index is -4.07. The molecule has 7 heteroatoms. The van der Waals surface area contributed by atoms with E-state index >= 15 is 0 Å². The van der Waals surface area contributed by atoms with E-state index in [1.165, 1.54) is 18.1 Å². The lowest BCUT2D eigenvalue weighted by atomic mass is 10.5. The molecule has 2 nitrogen and oxygen atoms in total. The molecule has 0 unspecified atom stereocenters. The largest absolute Gasteiger partial charge is 0.386 e. The van der Waals surface area contributed by atoms with E-state index in [1.54, 1.807) is 0 Å². The average Bonchev–Trinajstić information content (AvgIpc) is 2.35. The lowest BCUT2D eigenvalue weighted by Gasteiger charge is -2.26. The van der Waals surface area contributed by atoms with Crippen LogP contribution in [-0.4, -0.2) is 36.0 Å². The Kier molecular flexibility index (Phi) is 4.02. The van der Waals surface area contributed by atoms with Gasteiger partial charge in [-0.15, -0.1) is 17.0 Å². The summed E-state index contributed by atoms with van der Waals surface area (Å²) in [5, 5.41) is 0. The van der Waals surface area contributed by atoms with Crippen LogP contribution in [0.15, 0.2) is 12.4 Å². The van der Waals surface area contributed by atoms with E-state index < -0.39 is 12.5 Å². The topological polar surface area (TPSA) is 6.48 Å². The molecule has 0 fully saturated rings. The van der Waals surface area contributed by atoms with Crippen molar-refractivity contribution in [3.8, 4) is 0 Å². The van der Waals surface area contributed by atoms with Gasteiger partial charge in [0, 0.05) is 19.4 Å². The molecule has 0 aromatic carbocycles. The first-order valence-electron chi connectivity index (χ1n) is 3.26. The molecule has 0 atom stereocenters. The minimum Gasteiger partial charge on any atom is -0.361 e. The molecule has 0 saturated carbocycles. The average molecular weight is 265 g/mol. The van der Waals surface area contributed by atoms with E-state index in [0.29, 0.717) is 4.90 Å². The van der Waals surface area contributed by atoms with E-state index in [-0.39, 0.29) is 23.7 Å². The van der Waals surface area contributed by atoms with Gasteiger partial charge in [0.1, 0.15) is 0 Å². The highest BCUT2D eigenvalue weighted by molar-refractivity contribution is 8.93. The highest BCUT2D eigenvalue weighted by atomic mass is 79.9. The number of halogens is 5. The Morgan fingerprint density at radius 2 is 1.85 bits per heavy atom. The van der Waals surface area contributed by atoms with Crippen LogP contribution in [0.2, 0.25) is 0 Å². The molecule has 78 valence electrons. The van der Waals surface area contributed by atoms with E-state index in [1.807, 2.05) is 0 Å². The minimum absolute atomic E-state index is 0. The summed E-state index contributed by atoms with van der Waals surface area (Å²) in [7, 11) is 1.53. The first-order valence-corrected chi connectivity index (χ1v) is 3.26. The molecule has 0 spiro atoms. The summed E-state index contributed by atoms with van der Waals surface area (Å²) in [6.45, 7) is -0.211. The van der Waals surface area contributed by atoms with Gasteiger partial charge in [-0.2, -0.15) is 8.78 Å². The fourth-order valence-electron chi connectivity index (χ4n) is 0.848. The number of hydrogen-bond acceptors (Lipinski definition) is 2. The van der Waals surface area contributed by atoms with Crippen molar-refractivity contribution in [2.75, 3.05) is 13.7 Å². The molecule has 0 saturated heterocycles. The highest BCUT2D eigenvalue weighted by Gasteiger charge is 2.46. The van der Waals surface area contributed by atoms with Crippen LogP contribution >= 0.6 is 17.0 Å². The maximum absolute atomic E-state index is 12.5. The summed E-state index contributed by atoms with van der Waals surface area (Å²) in [6, 6.07) is -4.07. The summed E-state index contributed by atoms with van der Waals surface area (Å²) >= 11 is 0. The lowest BCUT2D eigenvalue weighted by Crippen LogP contribution is -2.44. The predicted molar refractivity (Wildman–Crippen MR) is 44.9 cm³/mol. The summed E-state index contributed by atoms with van der Waals surface area (Å²) < 4.78 is 48.5. The van der Waals surface area contributed by atoms with Gasteiger partial charge in [0.05, 0.1) is 6.67 Å². The monoisotopic (exact) mass is 264 g/mol. The van der Waals surface area contributed by atoms with Gasteiger partial charge < -0.3 is 4.90 Å². The molecule has 1 heterocycles. The molecule has 0 bridgehead atoms. The van der Waals surface area contributed by atoms with Gasteiger partial charge in [-0.1, -0.05) is 0 Å². The molecular formula is C6H9BrF4N2. The van der Waals surface area contributed by atoms with Crippen LogP contribution in [0.5, 0.6) is 0 Å². The first-order chi connectivity index (χ1) is 5.44. The third-order valence-electron chi connectivity index (χ3n) is 1.52. The molecule has 0 N–H and O–H groups in total. The maximum atomic E-state index is 12.5. The van der Waals surface area contributed by atoms with Gasteiger partial charge in [-0.3, -0.25) is 4.90 Å². The molecule has 0 radical (unpaired) electrons. The van der Waals surface area contributed by atoms with Crippen molar-refractivity contribution < 1.29 is 17.6 Å². The van der Waals surface area contributed by atoms with Gasteiger partial charge in [-0.05, 0) is 0 Å². The van der Waals surface area contributed by atoms with Crippen LogP contribution < -0.4 is 0 Å². The van der Waals surface area contributed by atoms with Crippen LogP contribution in [0.4, 0.5) is 17.6 Å². The van der Waals surface area contributed by atoms with Crippen LogP contribution in [0.1, 0.15) is 0 Å². The molecule has 1 aliphatic rings. The van der Waals surface area contributed by atoms with Gasteiger partial charge >= 0.3 is 12.5 Å². The Balaban J connectivity index is 0.00000144. The number of hydrogen-bond donors (Lipinski definition) is 0. The Hall–Kier alpha value is -0.460. The number of nitrogens with zero attached hydrogens (tertiary/aromatic N) is 2. The Morgan fingerprint density at radius 3 is 2.15 bits per heavy atom. The molecule has 0 aromatic rings. The summed E-state index contributed by atoms with van der Waals surface area (Å²) in [4.78, 5) is 1.69. The standard InChI is InChI=1S/C6H8F4N2.BrH/c1-11-2-3-12(4-11)6(9,10)5(7)8;/h2-3,5H,4H2,1H3;1H. The fraction of sp³-hybridized carbons (Fsp3) is 0.667. The van der Waals surface area contributed by atoms with Crippen molar-refractivity contribution in [2.24, 2.45) is 0 Å². The van der Waals surface area contributed by atoms with Crippen molar-refractivity contribution in [3.05, 3.63) is 12.4 Å². The van der Waals surface area contributed by atoms with E-state index in [0.717, 1.165) is 6.20 Å². The SMILES string of the molecule is Br.CN1C=CN(C(F)(F)C(F)F)C1. The van der Waals surface area contributed by atoms with Crippen LogP contribution in [0.3, 0.4) is 0 Å². The zero-order chi connectivity index (χ0) is 9.35.